The first kappa shape index (κ1) is 11.1. The van der Waals surface area contributed by atoms with Crippen LogP contribution in [-0.4, -0.2) is 28.2 Å². The van der Waals surface area contributed by atoms with E-state index < -0.39 is 5.54 Å². The number of imidazole rings is 1. The van der Waals surface area contributed by atoms with Gasteiger partial charge in [0.15, 0.2) is 0 Å². The third-order valence-corrected chi connectivity index (χ3v) is 3.37. The number of methoxy groups -OCH3 is 1. The quantitative estimate of drug-likeness (QED) is 0.752. The largest absolute Gasteiger partial charge is 0.468 e. The van der Waals surface area contributed by atoms with E-state index in [-0.39, 0.29) is 12.0 Å². The number of hydrogen-bond donors (Lipinski definition) is 1. The fourth-order valence-corrected chi connectivity index (χ4v) is 2.45. The van der Waals surface area contributed by atoms with Crippen molar-refractivity contribution in [2.75, 3.05) is 7.11 Å². The Kier molecular flexibility index (Phi) is 2.71. The summed E-state index contributed by atoms with van der Waals surface area (Å²) in [6.07, 6.45) is 5.88. The first-order valence-electron chi connectivity index (χ1n) is 5.43. The fraction of sp³-hybridized carbons (Fsp3) is 0.636. The molecule has 2 atom stereocenters. The maximum Gasteiger partial charge on any atom is 0.325 e. The molecule has 0 saturated heterocycles. The van der Waals surface area contributed by atoms with E-state index in [9.17, 15) is 4.79 Å². The van der Waals surface area contributed by atoms with Gasteiger partial charge in [-0.2, -0.15) is 0 Å². The number of aryl methyl sites for hydroxylation is 1. The van der Waals surface area contributed by atoms with E-state index in [1.807, 2.05) is 13.1 Å². The van der Waals surface area contributed by atoms with Gasteiger partial charge >= 0.3 is 5.97 Å². The van der Waals surface area contributed by atoms with Crippen LogP contribution >= 0.6 is 0 Å². The van der Waals surface area contributed by atoms with Crippen molar-refractivity contribution in [2.45, 2.75) is 37.8 Å². The molecule has 1 aromatic heterocycles. The molecule has 1 aliphatic rings. The number of ether oxygens (including phenoxy) is 1. The molecule has 1 aromatic rings. The lowest BCUT2D eigenvalue weighted by molar-refractivity contribution is -0.146. The highest BCUT2D eigenvalue weighted by molar-refractivity contribution is 5.80. The van der Waals surface area contributed by atoms with Crippen LogP contribution in [0.1, 0.15) is 31.1 Å². The minimum Gasteiger partial charge on any atom is -0.468 e. The molecule has 2 N–H and O–H groups in total. The Balaban J connectivity index is 2.14. The third kappa shape index (κ3) is 1.71. The Morgan fingerprint density at radius 3 is 3.06 bits per heavy atom. The Morgan fingerprint density at radius 1 is 1.75 bits per heavy atom. The molecule has 0 bridgehead atoms. The Labute approximate surface area is 94.6 Å². The van der Waals surface area contributed by atoms with Crippen LogP contribution in [0.25, 0.3) is 0 Å². The summed E-state index contributed by atoms with van der Waals surface area (Å²) < 4.78 is 6.83. The second-order valence-electron chi connectivity index (χ2n) is 4.43. The topological polar surface area (TPSA) is 70.1 Å². The highest BCUT2D eigenvalue weighted by Crippen LogP contribution is 2.37. The van der Waals surface area contributed by atoms with Crippen LogP contribution in [-0.2, 0) is 9.53 Å². The number of carbonyl (C=O) groups is 1. The van der Waals surface area contributed by atoms with E-state index in [1.165, 1.54) is 7.11 Å². The van der Waals surface area contributed by atoms with Gasteiger partial charge in [0, 0.05) is 18.4 Å². The van der Waals surface area contributed by atoms with Gasteiger partial charge in [0.25, 0.3) is 0 Å². The summed E-state index contributed by atoms with van der Waals surface area (Å²) in [5.41, 5.74) is 5.23. The lowest BCUT2D eigenvalue weighted by atomic mass is 9.99. The normalized spacial score (nSPS) is 29.3. The molecule has 1 fully saturated rings. The standard InChI is InChI=1S/C11H17N3O2/c1-8-13-5-6-14(8)9-3-4-11(12,7-9)10(15)16-2/h5-6,9H,3-4,7,12H2,1-2H3. The molecular formula is C11H17N3O2. The number of nitrogens with two attached hydrogens (primary N) is 1. The Hall–Kier alpha value is -1.36. The summed E-state index contributed by atoms with van der Waals surface area (Å²) >= 11 is 0. The zero-order valence-corrected chi connectivity index (χ0v) is 9.64. The van der Waals surface area contributed by atoms with Crippen molar-refractivity contribution in [3.8, 4) is 0 Å². The van der Waals surface area contributed by atoms with Crippen molar-refractivity contribution in [1.29, 1.82) is 0 Å². The van der Waals surface area contributed by atoms with E-state index in [4.69, 9.17) is 10.5 Å². The van der Waals surface area contributed by atoms with Gasteiger partial charge < -0.3 is 15.0 Å². The van der Waals surface area contributed by atoms with Gasteiger partial charge in [0.05, 0.1) is 7.11 Å². The van der Waals surface area contributed by atoms with Crippen LogP contribution in [0.15, 0.2) is 12.4 Å². The molecular weight excluding hydrogens is 206 g/mol. The van der Waals surface area contributed by atoms with E-state index in [0.717, 1.165) is 12.2 Å². The number of esters is 1. The average Bonchev–Trinajstić information content (AvgIpc) is 2.84. The molecule has 1 heterocycles. The van der Waals surface area contributed by atoms with Gasteiger partial charge in [-0.25, -0.2) is 4.98 Å². The molecule has 1 aliphatic carbocycles. The Bertz CT molecular complexity index is 402. The SMILES string of the molecule is COC(=O)C1(N)CCC(n2ccnc2C)C1. The van der Waals surface area contributed by atoms with Crippen LogP contribution in [0.4, 0.5) is 0 Å². The van der Waals surface area contributed by atoms with Gasteiger partial charge in [-0.3, -0.25) is 4.79 Å². The van der Waals surface area contributed by atoms with Crippen LogP contribution in [0.5, 0.6) is 0 Å². The van der Waals surface area contributed by atoms with Gasteiger partial charge in [-0.05, 0) is 26.2 Å². The predicted molar refractivity (Wildman–Crippen MR) is 58.8 cm³/mol. The zero-order valence-electron chi connectivity index (χ0n) is 9.64. The van der Waals surface area contributed by atoms with E-state index in [1.54, 1.807) is 6.20 Å². The highest BCUT2D eigenvalue weighted by atomic mass is 16.5. The van der Waals surface area contributed by atoms with Gasteiger partial charge in [0.2, 0.25) is 0 Å². The number of carbonyl (C=O) groups excluding carboxylic acids is 1. The van der Waals surface area contributed by atoms with E-state index in [2.05, 4.69) is 9.55 Å². The Morgan fingerprint density at radius 2 is 2.50 bits per heavy atom. The molecule has 0 aromatic carbocycles. The molecule has 0 spiro atoms. The number of rotatable bonds is 2. The summed E-state index contributed by atoms with van der Waals surface area (Å²) in [6, 6.07) is 0.256. The van der Waals surface area contributed by atoms with Crippen LogP contribution in [0, 0.1) is 6.92 Å². The first-order chi connectivity index (χ1) is 7.57. The zero-order chi connectivity index (χ0) is 11.8. The molecule has 5 nitrogen and oxygen atoms in total. The molecule has 2 rings (SSSR count). The first-order valence-corrected chi connectivity index (χ1v) is 5.43. The lowest BCUT2D eigenvalue weighted by Crippen LogP contribution is -2.46. The molecule has 2 unspecified atom stereocenters. The van der Waals surface area contributed by atoms with Crippen molar-refractivity contribution in [3.05, 3.63) is 18.2 Å². The molecule has 5 heteroatoms. The maximum absolute atomic E-state index is 11.6. The summed E-state index contributed by atoms with van der Waals surface area (Å²) in [6.45, 7) is 1.95. The van der Waals surface area contributed by atoms with Crippen molar-refractivity contribution in [2.24, 2.45) is 5.73 Å². The number of nitrogens with zero attached hydrogens (tertiary/aromatic N) is 2. The smallest absolute Gasteiger partial charge is 0.325 e. The van der Waals surface area contributed by atoms with Crippen molar-refractivity contribution < 1.29 is 9.53 Å². The number of hydrogen-bond acceptors (Lipinski definition) is 4. The molecule has 0 radical (unpaired) electrons. The molecule has 0 amide bonds. The highest BCUT2D eigenvalue weighted by Gasteiger charge is 2.43. The monoisotopic (exact) mass is 223 g/mol. The summed E-state index contributed by atoms with van der Waals surface area (Å²) in [5.74, 6) is 0.645. The molecule has 88 valence electrons. The average molecular weight is 223 g/mol. The van der Waals surface area contributed by atoms with Crippen LogP contribution in [0.2, 0.25) is 0 Å². The summed E-state index contributed by atoms with van der Waals surface area (Å²) in [5, 5.41) is 0. The third-order valence-electron chi connectivity index (χ3n) is 3.37. The lowest BCUT2D eigenvalue weighted by Gasteiger charge is -2.21. The van der Waals surface area contributed by atoms with Gasteiger partial charge in [-0.15, -0.1) is 0 Å². The molecule has 0 aliphatic heterocycles. The number of aromatic nitrogens is 2. The fourth-order valence-electron chi connectivity index (χ4n) is 2.45. The molecule has 16 heavy (non-hydrogen) atoms. The van der Waals surface area contributed by atoms with Crippen molar-refractivity contribution in [3.63, 3.8) is 0 Å². The summed E-state index contributed by atoms with van der Waals surface area (Å²) in [4.78, 5) is 15.7. The predicted octanol–water partition coefficient (Wildman–Crippen LogP) is 0.787. The van der Waals surface area contributed by atoms with Gasteiger partial charge in [0.1, 0.15) is 11.4 Å². The summed E-state index contributed by atoms with van der Waals surface area (Å²) in [7, 11) is 1.38. The van der Waals surface area contributed by atoms with Crippen LogP contribution < -0.4 is 5.73 Å². The van der Waals surface area contributed by atoms with E-state index in [0.29, 0.717) is 12.8 Å². The maximum atomic E-state index is 11.6. The minimum atomic E-state index is -0.823. The van der Waals surface area contributed by atoms with Crippen molar-refractivity contribution >= 4 is 5.97 Å². The second-order valence-corrected chi connectivity index (χ2v) is 4.43. The van der Waals surface area contributed by atoms with Crippen molar-refractivity contribution in [1.82, 2.24) is 9.55 Å². The van der Waals surface area contributed by atoms with Gasteiger partial charge in [-0.1, -0.05) is 0 Å². The molecule has 1 saturated carbocycles. The minimum absolute atomic E-state index is 0.256. The van der Waals surface area contributed by atoms with E-state index >= 15 is 0 Å². The second kappa shape index (κ2) is 3.90. The van der Waals surface area contributed by atoms with Crippen LogP contribution in [0.3, 0.4) is 0 Å².